The molecule has 0 aliphatic carbocycles. The standard InChI is InChI=1S/C21H17F3N2O3/c1-13-7-18(27)19(29-12-14-5-3-2-4-6-14)10-26(13)11-20(28)25-15-8-16(22)21(24)17(23)9-15/h2-10H,11-12H2,1H3,(H,25,28). The Labute approximate surface area is 164 Å². The molecule has 0 fully saturated rings. The van der Waals surface area contributed by atoms with E-state index in [4.69, 9.17) is 4.74 Å². The summed E-state index contributed by atoms with van der Waals surface area (Å²) in [5.41, 5.74) is 0.814. The van der Waals surface area contributed by atoms with Gasteiger partial charge in [0.05, 0.1) is 6.20 Å². The summed E-state index contributed by atoms with van der Waals surface area (Å²) < 4.78 is 46.6. The Morgan fingerprint density at radius 1 is 1.07 bits per heavy atom. The molecular formula is C21H17F3N2O3. The summed E-state index contributed by atoms with van der Waals surface area (Å²) in [6.45, 7) is 1.57. The van der Waals surface area contributed by atoms with Crippen LogP contribution in [-0.4, -0.2) is 10.5 Å². The molecule has 0 saturated carbocycles. The Balaban J connectivity index is 1.73. The lowest BCUT2D eigenvalue weighted by molar-refractivity contribution is -0.116. The second kappa shape index (κ2) is 8.64. The highest BCUT2D eigenvalue weighted by Crippen LogP contribution is 2.17. The van der Waals surface area contributed by atoms with E-state index in [0.717, 1.165) is 5.56 Å². The fraction of sp³-hybridized carbons (Fsp3) is 0.143. The molecule has 150 valence electrons. The van der Waals surface area contributed by atoms with Crippen molar-refractivity contribution >= 4 is 11.6 Å². The number of nitrogens with one attached hydrogen (secondary N) is 1. The first-order valence-corrected chi connectivity index (χ1v) is 8.65. The van der Waals surface area contributed by atoms with Gasteiger partial charge in [0.1, 0.15) is 13.2 Å². The minimum Gasteiger partial charge on any atom is -0.483 e. The molecule has 8 heteroatoms. The zero-order valence-corrected chi connectivity index (χ0v) is 15.4. The molecule has 0 aliphatic heterocycles. The second-order valence-corrected chi connectivity index (χ2v) is 6.35. The first kappa shape index (κ1) is 20.2. The number of carbonyl (C=O) groups is 1. The molecule has 3 aromatic rings. The highest BCUT2D eigenvalue weighted by molar-refractivity contribution is 5.90. The van der Waals surface area contributed by atoms with Crippen LogP contribution >= 0.6 is 0 Å². The quantitative estimate of drug-likeness (QED) is 0.639. The Kier molecular flexibility index (Phi) is 6.01. The number of benzene rings is 2. The van der Waals surface area contributed by atoms with Gasteiger partial charge >= 0.3 is 0 Å². The van der Waals surface area contributed by atoms with Crippen LogP contribution in [0.4, 0.5) is 18.9 Å². The predicted molar refractivity (Wildman–Crippen MR) is 101 cm³/mol. The number of hydrogen-bond donors (Lipinski definition) is 1. The molecule has 1 aromatic heterocycles. The number of carbonyl (C=O) groups excluding carboxylic acids is 1. The average molecular weight is 402 g/mol. The zero-order chi connectivity index (χ0) is 21.0. The van der Waals surface area contributed by atoms with Crippen molar-refractivity contribution in [1.82, 2.24) is 4.57 Å². The molecule has 1 amide bonds. The van der Waals surface area contributed by atoms with Crippen LogP contribution in [0.3, 0.4) is 0 Å². The van der Waals surface area contributed by atoms with Crippen LogP contribution in [-0.2, 0) is 17.9 Å². The smallest absolute Gasteiger partial charge is 0.244 e. The maximum absolute atomic E-state index is 13.3. The summed E-state index contributed by atoms with van der Waals surface area (Å²) in [4.78, 5) is 24.4. The van der Waals surface area contributed by atoms with Crippen molar-refractivity contribution in [3.63, 3.8) is 0 Å². The second-order valence-electron chi connectivity index (χ2n) is 6.35. The van der Waals surface area contributed by atoms with Gasteiger partial charge in [-0.25, -0.2) is 13.2 Å². The number of rotatable bonds is 6. The van der Waals surface area contributed by atoms with E-state index >= 15 is 0 Å². The van der Waals surface area contributed by atoms with Crippen molar-refractivity contribution in [1.29, 1.82) is 0 Å². The highest BCUT2D eigenvalue weighted by Gasteiger charge is 2.13. The lowest BCUT2D eigenvalue weighted by atomic mass is 10.2. The van der Waals surface area contributed by atoms with Crippen LogP contribution in [0.2, 0.25) is 0 Å². The van der Waals surface area contributed by atoms with Gasteiger partial charge in [0.15, 0.2) is 23.2 Å². The first-order chi connectivity index (χ1) is 13.8. The van der Waals surface area contributed by atoms with Gasteiger partial charge in [-0.3, -0.25) is 9.59 Å². The Morgan fingerprint density at radius 3 is 2.38 bits per heavy atom. The fourth-order valence-corrected chi connectivity index (χ4v) is 2.65. The van der Waals surface area contributed by atoms with E-state index < -0.39 is 23.4 Å². The van der Waals surface area contributed by atoms with Crippen molar-refractivity contribution in [2.45, 2.75) is 20.1 Å². The van der Waals surface area contributed by atoms with Crippen LogP contribution in [0.15, 0.2) is 59.5 Å². The van der Waals surface area contributed by atoms with Gasteiger partial charge in [-0.05, 0) is 12.5 Å². The van der Waals surface area contributed by atoms with Gasteiger partial charge in [-0.1, -0.05) is 30.3 Å². The Morgan fingerprint density at radius 2 is 1.72 bits per heavy atom. The molecule has 5 nitrogen and oxygen atoms in total. The fourth-order valence-electron chi connectivity index (χ4n) is 2.65. The summed E-state index contributed by atoms with van der Waals surface area (Å²) >= 11 is 0. The summed E-state index contributed by atoms with van der Waals surface area (Å²) in [5, 5.41) is 2.29. The Bertz CT molecular complexity index is 1080. The number of aryl methyl sites for hydroxylation is 1. The SMILES string of the molecule is Cc1cc(=O)c(OCc2ccccc2)cn1CC(=O)Nc1cc(F)c(F)c(F)c1. The van der Waals surface area contributed by atoms with Gasteiger partial charge in [0.2, 0.25) is 11.3 Å². The topological polar surface area (TPSA) is 60.3 Å². The number of anilines is 1. The van der Waals surface area contributed by atoms with Gasteiger partial charge in [0.25, 0.3) is 0 Å². The molecule has 0 saturated heterocycles. The summed E-state index contributed by atoms with van der Waals surface area (Å²) in [6, 6.07) is 11.9. The number of amides is 1. The van der Waals surface area contributed by atoms with Crippen LogP contribution in [0.25, 0.3) is 0 Å². The normalized spacial score (nSPS) is 10.6. The van der Waals surface area contributed by atoms with E-state index in [1.165, 1.54) is 16.8 Å². The van der Waals surface area contributed by atoms with E-state index in [1.54, 1.807) is 6.92 Å². The summed E-state index contributed by atoms with van der Waals surface area (Å²) in [7, 11) is 0. The van der Waals surface area contributed by atoms with Gasteiger partial charge in [-0.15, -0.1) is 0 Å². The molecule has 2 aromatic carbocycles. The van der Waals surface area contributed by atoms with Crippen LogP contribution < -0.4 is 15.5 Å². The Hall–Kier alpha value is -3.55. The zero-order valence-electron chi connectivity index (χ0n) is 15.4. The molecule has 3 rings (SSSR count). The molecule has 0 atom stereocenters. The van der Waals surface area contributed by atoms with Gasteiger partial charge < -0.3 is 14.6 Å². The third-order valence-corrected chi connectivity index (χ3v) is 4.13. The number of hydrogen-bond acceptors (Lipinski definition) is 3. The monoisotopic (exact) mass is 402 g/mol. The van der Waals surface area contributed by atoms with E-state index in [2.05, 4.69) is 5.32 Å². The van der Waals surface area contributed by atoms with Crippen molar-refractivity contribution in [2.75, 3.05) is 5.32 Å². The molecular weight excluding hydrogens is 385 g/mol. The number of ether oxygens (including phenoxy) is 1. The third-order valence-electron chi connectivity index (χ3n) is 4.13. The minimum atomic E-state index is -1.61. The van der Waals surface area contributed by atoms with E-state index in [0.29, 0.717) is 17.8 Å². The number of aromatic nitrogens is 1. The largest absolute Gasteiger partial charge is 0.483 e. The van der Waals surface area contributed by atoms with Crippen LogP contribution in [0.5, 0.6) is 5.75 Å². The molecule has 0 radical (unpaired) electrons. The lowest BCUT2D eigenvalue weighted by Gasteiger charge is -2.14. The number of halogens is 3. The van der Waals surface area contributed by atoms with Crippen LogP contribution in [0.1, 0.15) is 11.3 Å². The lowest BCUT2D eigenvalue weighted by Crippen LogP contribution is -2.22. The predicted octanol–water partition coefficient (Wildman–Crippen LogP) is 3.79. The maximum Gasteiger partial charge on any atom is 0.244 e. The maximum atomic E-state index is 13.3. The molecule has 0 spiro atoms. The van der Waals surface area contributed by atoms with Gasteiger partial charge in [-0.2, -0.15) is 0 Å². The van der Waals surface area contributed by atoms with Crippen molar-refractivity contribution in [3.8, 4) is 5.75 Å². The molecule has 0 bridgehead atoms. The van der Waals surface area contributed by atoms with Crippen molar-refractivity contribution < 1.29 is 22.7 Å². The molecule has 1 N–H and O–H groups in total. The van der Waals surface area contributed by atoms with Crippen LogP contribution in [0, 0.1) is 24.4 Å². The van der Waals surface area contributed by atoms with Crippen molar-refractivity contribution in [2.24, 2.45) is 0 Å². The summed E-state index contributed by atoms with van der Waals surface area (Å²) in [5.74, 6) is -4.98. The van der Waals surface area contributed by atoms with Crippen molar-refractivity contribution in [3.05, 3.63) is 93.7 Å². The molecule has 1 heterocycles. The first-order valence-electron chi connectivity index (χ1n) is 8.65. The minimum absolute atomic E-state index is 0.0612. The van der Waals surface area contributed by atoms with E-state index in [-0.39, 0.29) is 30.0 Å². The number of nitrogens with zero attached hydrogens (tertiary/aromatic N) is 1. The highest BCUT2D eigenvalue weighted by atomic mass is 19.2. The van der Waals surface area contributed by atoms with E-state index in [9.17, 15) is 22.8 Å². The van der Waals surface area contributed by atoms with E-state index in [1.807, 2.05) is 30.3 Å². The molecule has 0 unspecified atom stereocenters. The third kappa shape index (κ3) is 5.04. The number of pyridine rings is 1. The average Bonchev–Trinajstić information content (AvgIpc) is 2.68. The summed E-state index contributed by atoms with van der Waals surface area (Å²) in [6.07, 6.45) is 1.39. The van der Waals surface area contributed by atoms with Gasteiger partial charge in [0, 0.05) is 29.6 Å². The molecule has 29 heavy (non-hydrogen) atoms. The molecule has 0 aliphatic rings.